The van der Waals surface area contributed by atoms with Crippen LogP contribution >= 0.6 is 0 Å². The van der Waals surface area contributed by atoms with Gasteiger partial charge >= 0.3 is 6.18 Å². The second kappa shape index (κ2) is 5.10. The van der Waals surface area contributed by atoms with Gasteiger partial charge in [-0.1, -0.05) is 18.2 Å². The number of halogens is 3. The third-order valence-corrected chi connectivity index (χ3v) is 1.59. The standard InChI is InChI=1S/C10H14F3/c1-4-5-6-9(7-8(2)3)10(11,12)13/h4,7,9H,1-2,5-6H2,3H3. The molecule has 0 rings (SSSR count). The highest BCUT2D eigenvalue weighted by Gasteiger charge is 2.38. The Labute approximate surface area is 77.1 Å². The number of allylic oxidation sites excluding steroid dienone is 2. The number of rotatable bonds is 5. The van der Waals surface area contributed by atoms with Crippen molar-refractivity contribution < 1.29 is 13.2 Å². The first-order chi connectivity index (χ1) is 5.88. The largest absolute Gasteiger partial charge is 0.392 e. The minimum Gasteiger partial charge on any atom is -0.171 e. The van der Waals surface area contributed by atoms with E-state index in [0.717, 1.165) is 6.42 Å². The van der Waals surface area contributed by atoms with Crippen molar-refractivity contribution in [2.75, 3.05) is 0 Å². The molecule has 1 unspecified atom stereocenters. The average molecular weight is 191 g/mol. The third kappa shape index (κ3) is 5.50. The number of hydrogen-bond donors (Lipinski definition) is 0. The summed E-state index contributed by atoms with van der Waals surface area (Å²) in [5.41, 5.74) is 0.450. The fraction of sp³-hybridized carbons (Fsp3) is 0.500. The molecule has 0 saturated carbocycles. The fourth-order valence-electron chi connectivity index (χ4n) is 0.982. The lowest BCUT2D eigenvalue weighted by Gasteiger charge is -2.19. The summed E-state index contributed by atoms with van der Waals surface area (Å²) < 4.78 is 36.9. The van der Waals surface area contributed by atoms with Gasteiger partial charge in [-0.05, 0) is 26.2 Å². The Morgan fingerprint density at radius 3 is 2.31 bits per heavy atom. The van der Waals surface area contributed by atoms with Crippen LogP contribution in [0.4, 0.5) is 13.2 Å². The second-order valence-corrected chi connectivity index (χ2v) is 3.03. The van der Waals surface area contributed by atoms with Crippen LogP contribution in [0.3, 0.4) is 0 Å². The molecule has 0 nitrogen and oxygen atoms in total. The van der Waals surface area contributed by atoms with Gasteiger partial charge in [0.05, 0.1) is 5.92 Å². The maximum absolute atomic E-state index is 12.3. The van der Waals surface area contributed by atoms with E-state index in [-0.39, 0.29) is 6.42 Å². The normalized spacial score (nSPS) is 13.8. The molecule has 0 N–H and O–H groups in total. The molecule has 0 aliphatic heterocycles. The molecule has 0 bridgehead atoms. The molecule has 0 aliphatic carbocycles. The van der Waals surface area contributed by atoms with Crippen molar-refractivity contribution in [3.8, 4) is 0 Å². The van der Waals surface area contributed by atoms with Crippen molar-refractivity contribution >= 4 is 0 Å². The van der Waals surface area contributed by atoms with Gasteiger partial charge in [0.1, 0.15) is 0 Å². The Balaban J connectivity index is 4.19. The quantitative estimate of drug-likeness (QED) is 0.578. The minimum atomic E-state index is -4.16. The van der Waals surface area contributed by atoms with Crippen LogP contribution in [-0.4, -0.2) is 6.18 Å². The molecule has 0 fully saturated rings. The second-order valence-electron chi connectivity index (χ2n) is 3.03. The highest BCUT2D eigenvalue weighted by molar-refractivity contribution is 5.08. The Bertz CT molecular complexity index is 179. The Morgan fingerprint density at radius 1 is 1.46 bits per heavy atom. The van der Waals surface area contributed by atoms with Crippen molar-refractivity contribution in [3.05, 3.63) is 31.2 Å². The number of alkyl halides is 3. The summed E-state index contributed by atoms with van der Waals surface area (Å²) >= 11 is 0. The van der Waals surface area contributed by atoms with Crippen molar-refractivity contribution in [2.45, 2.75) is 25.9 Å². The lowest BCUT2D eigenvalue weighted by Crippen LogP contribution is -2.23. The van der Waals surface area contributed by atoms with Crippen LogP contribution in [0.1, 0.15) is 19.8 Å². The van der Waals surface area contributed by atoms with Gasteiger partial charge in [-0.15, -0.1) is 6.58 Å². The zero-order chi connectivity index (χ0) is 10.5. The van der Waals surface area contributed by atoms with Crippen molar-refractivity contribution in [3.63, 3.8) is 0 Å². The SMILES string of the molecule is C=CCCC([CH]C(=C)C)C(F)(F)F. The molecule has 3 heteroatoms. The van der Waals surface area contributed by atoms with Crippen LogP contribution in [0.25, 0.3) is 0 Å². The lowest BCUT2D eigenvalue weighted by molar-refractivity contribution is -0.165. The summed E-state index contributed by atoms with van der Waals surface area (Å²) in [6.07, 6.45) is -1.09. The van der Waals surface area contributed by atoms with Crippen LogP contribution in [-0.2, 0) is 0 Å². The Hall–Kier alpha value is -0.730. The minimum absolute atomic E-state index is 0.0554. The molecule has 0 amide bonds. The zero-order valence-electron chi connectivity index (χ0n) is 7.69. The van der Waals surface area contributed by atoms with Gasteiger partial charge < -0.3 is 0 Å². The summed E-state index contributed by atoms with van der Waals surface area (Å²) in [7, 11) is 0. The maximum Gasteiger partial charge on any atom is 0.392 e. The van der Waals surface area contributed by atoms with Crippen LogP contribution in [0.2, 0.25) is 0 Å². The summed E-state index contributed by atoms with van der Waals surface area (Å²) in [4.78, 5) is 0. The molecular weight excluding hydrogens is 177 g/mol. The predicted molar refractivity (Wildman–Crippen MR) is 48.1 cm³/mol. The van der Waals surface area contributed by atoms with E-state index in [2.05, 4.69) is 13.2 Å². The van der Waals surface area contributed by atoms with E-state index >= 15 is 0 Å². The molecule has 0 aliphatic rings. The average Bonchev–Trinajstić information content (AvgIpc) is 1.95. The molecule has 13 heavy (non-hydrogen) atoms. The van der Waals surface area contributed by atoms with E-state index in [0.29, 0.717) is 12.0 Å². The molecule has 75 valence electrons. The first-order valence-electron chi connectivity index (χ1n) is 4.06. The maximum atomic E-state index is 12.3. The van der Waals surface area contributed by atoms with Gasteiger partial charge in [0.15, 0.2) is 0 Å². The molecule has 0 saturated heterocycles. The summed E-state index contributed by atoms with van der Waals surface area (Å²) in [6.45, 7) is 8.39. The van der Waals surface area contributed by atoms with Crippen LogP contribution in [0.5, 0.6) is 0 Å². The molecule has 0 aromatic carbocycles. The van der Waals surface area contributed by atoms with E-state index < -0.39 is 12.1 Å². The van der Waals surface area contributed by atoms with Gasteiger partial charge in [0.25, 0.3) is 0 Å². The molecule has 0 heterocycles. The van der Waals surface area contributed by atoms with Gasteiger partial charge in [-0.3, -0.25) is 0 Å². The van der Waals surface area contributed by atoms with E-state index in [9.17, 15) is 13.2 Å². The van der Waals surface area contributed by atoms with Crippen molar-refractivity contribution in [1.82, 2.24) is 0 Å². The van der Waals surface area contributed by atoms with Crippen LogP contribution < -0.4 is 0 Å². The van der Waals surface area contributed by atoms with Gasteiger partial charge in [-0.2, -0.15) is 13.2 Å². The van der Waals surface area contributed by atoms with Gasteiger partial charge in [-0.25, -0.2) is 0 Å². The Morgan fingerprint density at radius 2 is 2.00 bits per heavy atom. The fourth-order valence-corrected chi connectivity index (χ4v) is 0.982. The Kier molecular flexibility index (Phi) is 4.81. The first-order valence-corrected chi connectivity index (χ1v) is 4.06. The number of hydrogen-bond acceptors (Lipinski definition) is 0. The molecule has 0 aromatic rings. The molecule has 1 radical (unpaired) electrons. The molecule has 0 aromatic heterocycles. The molecule has 0 spiro atoms. The smallest absolute Gasteiger partial charge is 0.171 e. The third-order valence-electron chi connectivity index (χ3n) is 1.59. The molecular formula is C10H14F3. The van der Waals surface area contributed by atoms with Crippen LogP contribution in [0.15, 0.2) is 24.8 Å². The van der Waals surface area contributed by atoms with Crippen LogP contribution in [0, 0.1) is 12.3 Å². The van der Waals surface area contributed by atoms with E-state index in [1.807, 2.05) is 0 Å². The topological polar surface area (TPSA) is 0 Å². The van der Waals surface area contributed by atoms with E-state index in [4.69, 9.17) is 0 Å². The van der Waals surface area contributed by atoms with Gasteiger partial charge in [0, 0.05) is 0 Å². The van der Waals surface area contributed by atoms with Gasteiger partial charge in [0.2, 0.25) is 0 Å². The highest BCUT2D eigenvalue weighted by atomic mass is 19.4. The van der Waals surface area contributed by atoms with E-state index in [1.54, 1.807) is 6.92 Å². The highest BCUT2D eigenvalue weighted by Crippen LogP contribution is 2.33. The first kappa shape index (κ1) is 12.3. The van der Waals surface area contributed by atoms with Crippen molar-refractivity contribution in [2.24, 2.45) is 5.92 Å². The summed E-state index contributed by atoms with van der Waals surface area (Å²) in [5, 5.41) is 0. The monoisotopic (exact) mass is 191 g/mol. The summed E-state index contributed by atoms with van der Waals surface area (Å²) in [6, 6.07) is 0. The zero-order valence-corrected chi connectivity index (χ0v) is 7.69. The summed E-state index contributed by atoms with van der Waals surface area (Å²) in [5.74, 6) is -1.39. The van der Waals surface area contributed by atoms with E-state index in [1.165, 1.54) is 6.08 Å². The lowest BCUT2D eigenvalue weighted by atomic mass is 9.95. The predicted octanol–water partition coefficient (Wildman–Crippen LogP) is 3.91. The van der Waals surface area contributed by atoms with Crippen molar-refractivity contribution in [1.29, 1.82) is 0 Å². The molecule has 1 atom stereocenters.